The fourth-order valence-corrected chi connectivity index (χ4v) is 2.95. The number of rotatable bonds is 8. The van der Waals surface area contributed by atoms with Crippen molar-refractivity contribution >= 4 is 29.3 Å². The van der Waals surface area contributed by atoms with Gasteiger partial charge < -0.3 is 10.1 Å². The summed E-state index contributed by atoms with van der Waals surface area (Å²) in [5.41, 5.74) is 1.29. The summed E-state index contributed by atoms with van der Waals surface area (Å²) >= 11 is 7.69. The average Bonchev–Trinajstić information content (AvgIpc) is 2.55. The monoisotopic (exact) mass is 349 g/mol. The van der Waals surface area contributed by atoms with Crippen molar-refractivity contribution in [2.45, 2.75) is 18.8 Å². The quantitative estimate of drug-likeness (QED) is 0.727. The third-order valence-corrected chi connectivity index (χ3v) is 4.40. The summed E-state index contributed by atoms with van der Waals surface area (Å²) < 4.78 is 5.58. The van der Waals surface area contributed by atoms with Gasteiger partial charge in [-0.15, -0.1) is 0 Å². The van der Waals surface area contributed by atoms with Crippen LogP contribution in [0.3, 0.4) is 0 Å². The molecule has 122 valence electrons. The van der Waals surface area contributed by atoms with E-state index in [0.717, 1.165) is 11.5 Å². The van der Waals surface area contributed by atoms with Crippen LogP contribution >= 0.6 is 23.4 Å². The molecular weight excluding hydrogens is 330 g/mol. The van der Waals surface area contributed by atoms with Gasteiger partial charge in [0.1, 0.15) is 5.75 Å². The molecular formula is C18H20ClNO2S. The van der Waals surface area contributed by atoms with E-state index in [2.05, 4.69) is 17.4 Å². The van der Waals surface area contributed by atoms with Crippen LogP contribution in [0.25, 0.3) is 0 Å². The smallest absolute Gasteiger partial charge is 0.260 e. The van der Waals surface area contributed by atoms with E-state index in [1.165, 1.54) is 5.56 Å². The molecule has 1 N–H and O–H groups in total. The summed E-state index contributed by atoms with van der Waals surface area (Å²) in [5.74, 6) is 2.29. The van der Waals surface area contributed by atoms with Gasteiger partial charge in [-0.05, 0) is 30.7 Å². The normalized spacial score (nSPS) is 11.7. The molecule has 0 aliphatic carbocycles. The van der Waals surface area contributed by atoms with Gasteiger partial charge in [-0.2, -0.15) is 11.8 Å². The Kier molecular flexibility index (Phi) is 7.30. The number of nitrogens with one attached hydrogen (secondary N) is 1. The predicted octanol–water partition coefficient (Wildman–Crippen LogP) is 4.16. The topological polar surface area (TPSA) is 38.3 Å². The van der Waals surface area contributed by atoms with Crippen molar-refractivity contribution in [3.8, 4) is 5.75 Å². The van der Waals surface area contributed by atoms with E-state index < -0.39 is 6.10 Å². The van der Waals surface area contributed by atoms with E-state index in [0.29, 0.717) is 17.3 Å². The minimum Gasteiger partial charge on any atom is -0.481 e. The Morgan fingerprint density at radius 3 is 2.74 bits per heavy atom. The van der Waals surface area contributed by atoms with Gasteiger partial charge in [0.25, 0.3) is 5.91 Å². The molecule has 23 heavy (non-hydrogen) atoms. The fourth-order valence-electron chi connectivity index (χ4n) is 1.95. The van der Waals surface area contributed by atoms with Crippen LogP contribution in [0.4, 0.5) is 0 Å². The highest BCUT2D eigenvalue weighted by Gasteiger charge is 2.13. The lowest BCUT2D eigenvalue weighted by molar-refractivity contribution is -0.127. The molecule has 0 saturated heterocycles. The van der Waals surface area contributed by atoms with Gasteiger partial charge in [0, 0.05) is 23.1 Å². The molecule has 0 spiro atoms. The number of carbonyl (C=O) groups excluding carboxylic acids is 1. The number of hydrogen-bond donors (Lipinski definition) is 1. The molecule has 0 bridgehead atoms. The van der Waals surface area contributed by atoms with E-state index in [9.17, 15) is 4.79 Å². The van der Waals surface area contributed by atoms with Gasteiger partial charge in [-0.1, -0.05) is 48.0 Å². The Bertz CT molecular complexity index is 621. The van der Waals surface area contributed by atoms with Crippen LogP contribution in [0.1, 0.15) is 12.5 Å². The third kappa shape index (κ3) is 6.55. The van der Waals surface area contributed by atoms with Crippen molar-refractivity contribution in [3.63, 3.8) is 0 Å². The predicted molar refractivity (Wildman–Crippen MR) is 97.2 cm³/mol. The molecule has 0 saturated carbocycles. The SMILES string of the molecule is CC(Oc1cccc(Cl)c1)C(=O)NCCSCc1ccccc1. The van der Waals surface area contributed by atoms with Gasteiger partial charge in [-0.25, -0.2) is 0 Å². The van der Waals surface area contributed by atoms with Gasteiger partial charge >= 0.3 is 0 Å². The van der Waals surface area contributed by atoms with Gasteiger partial charge in [0.2, 0.25) is 0 Å². The summed E-state index contributed by atoms with van der Waals surface area (Å²) in [4.78, 5) is 12.0. The molecule has 2 aromatic rings. The lowest BCUT2D eigenvalue weighted by atomic mass is 10.2. The van der Waals surface area contributed by atoms with Crippen molar-refractivity contribution in [1.82, 2.24) is 5.32 Å². The molecule has 1 atom stereocenters. The first-order valence-electron chi connectivity index (χ1n) is 7.47. The molecule has 1 unspecified atom stereocenters. The Balaban J connectivity index is 1.64. The maximum absolute atomic E-state index is 12.0. The van der Waals surface area contributed by atoms with Crippen molar-refractivity contribution in [1.29, 1.82) is 0 Å². The fraction of sp³-hybridized carbons (Fsp3) is 0.278. The number of benzene rings is 2. The van der Waals surface area contributed by atoms with Crippen molar-refractivity contribution < 1.29 is 9.53 Å². The highest BCUT2D eigenvalue weighted by molar-refractivity contribution is 7.98. The summed E-state index contributed by atoms with van der Waals surface area (Å²) in [6.07, 6.45) is -0.549. The summed E-state index contributed by atoms with van der Waals surface area (Å²) in [5, 5.41) is 3.48. The van der Waals surface area contributed by atoms with Crippen LogP contribution in [0, 0.1) is 0 Å². The highest BCUT2D eigenvalue weighted by Crippen LogP contribution is 2.18. The maximum atomic E-state index is 12.0. The number of ether oxygens (including phenoxy) is 1. The third-order valence-electron chi connectivity index (χ3n) is 3.14. The van der Waals surface area contributed by atoms with E-state index in [4.69, 9.17) is 16.3 Å². The second-order valence-electron chi connectivity index (χ2n) is 5.05. The molecule has 0 aliphatic heterocycles. The Labute approximate surface area is 146 Å². The number of carbonyl (C=O) groups is 1. The van der Waals surface area contributed by atoms with Crippen LogP contribution < -0.4 is 10.1 Å². The first-order valence-corrected chi connectivity index (χ1v) is 9.00. The first-order chi connectivity index (χ1) is 11.1. The molecule has 0 aliphatic rings. The zero-order chi connectivity index (χ0) is 16.5. The van der Waals surface area contributed by atoms with E-state index >= 15 is 0 Å². The second-order valence-corrected chi connectivity index (χ2v) is 6.59. The van der Waals surface area contributed by atoms with Crippen molar-refractivity contribution in [3.05, 3.63) is 65.2 Å². The Morgan fingerprint density at radius 2 is 2.00 bits per heavy atom. The molecule has 2 aromatic carbocycles. The second kappa shape index (κ2) is 9.48. The van der Waals surface area contributed by atoms with Crippen molar-refractivity contribution in [2.75, 3.05) is 12.3 Å². The number of hydrogen-bond acceptors (Lipinski definition) is 3. The molecule has 0 radical (unpaired) electrons. The van der Waals surface area contributed by atoms with E-state index in [1.807, 2.05) is 18.2 Å². The molecule has 0 fully saturated rings. The highest BCUT2D eigenvalue weighted by atomic mass is 35.5. The van der Waals surface area contributed by atoms with E-state index in [1.54, 1.807) is 43.0 Å². The zero-order valence-corrected chi connectivity index (χ0v) is 14.6. The van der Waals surface area contributed by atoms with Gasteiger partial charge in [0.05, 0.1) is 0 Å². The Morgan fingerprint density at radius 1 is 1.22 bits per heavy atom. The Hall–Kier alpha value is -1.65. The minimum atomic E-state index is -0.549. The van der Waals surface area contributed by atoms with Crippen LogP contribution in [-0.4, -0.2) is 24.3 Å². The first kappa shape index (κ1) is 17.7. The summed E-state index contributed by atoms with van der Waals surface area (Å²) in [7, 11) is 0. The van der Waals surface area contributed by atoms with Gasteiger partial charge in [-0.3, -0.25) is 4.79 Å². The average molecular weight is 350 g/mol. The zero-order valence-electron chi connectivity index (χ0n) is 13.0. The summed E-state index contributed by atoms with van der Waals surface area (Å²) in [6, 6.07) is 17.3. The lowest BCUT2D eigenvalue weighted by Gasteiger charge is -2.14. The van der Waals surface area contributed by atoms with Crippen molar-refractivity contribution in [2.24, 2.45) is 0 Å². The largest absolute Gasteiger partial charge is 0.481 e. The molecule has 0 heterocycles. The molecule has 3 nitrogen and oxygen atoms in total. The van der Waals surface area contributed by atoms with Crippen LogP contribution in [0.15, 0.2) is 54.6 Å². The number of thioether (sulfide) groups is 1. The molecule has 2 rings (SSSR count). The lowest BCUT2D eigenvalue weighted by Crippen LogP contribution is -2.37. The maximum Gasteiger partial charge on any atom is 0.260 e. The molecule has 0 aromatic heterocycles. The molecule has 1 amide bonds. The van der Waals surface area contributed by atoms with E-state index in [-0.39, 0.29) is 5.91 Å². The number of amides is 1. The number of halogens is 1. The standard InChI is InChI=1S/C18H20ClNO2S/c1-14(22-17-9-5-8-16(19)12-17)18(21)20-10-11-23-13-15-6-3-2-4-7-15/h2-9,12,14H,10-11,13H2,1H3,(H,20,21). The van der Waals surface area contributed by atoms with Crippen LogP contribution in [0.2, 0.25) is 5.02 Å². The molecule has 5 heteroatoms. The van der Waals surface area contributed by atoms with Gasteiger partial charge in [0.15, 0.2) is 6.10 Å². The minimum absolute atomic E-state index is 0.120. The van der Waals surface area contributed by atoms with Crippen LogP contribution in [-0.2, 0) is 10.5 Å². The summed E-state index contributed by atoms with van der Waals surface area (Å²) in [6.45, 7) is 2.35. The van der Waals surface area contributed by atoms with Crippen LogP contribution in [0.5, 0.6) is 5.75 Å².